The Morgan fingerprint density at radius 2 is 1.00 bits per heavy atom. The number of unbranched alkanes of at least 4 members (excludes halogenated alkanes) is 14. The van der Waals surface area contributed by atoms with Crippen LogP contribution in [0.25, 0.3) is 0 Å². The minimum atomic E-state index is 0.998. The summed E-state index contributed by atoms with van der Waals surface area (Å²) >= 11 is 0. The first-order valence-corrected chi connectivity index (χ1v) is 12.1. The summed E-state index contributed by atoms with van der Waals surface area (Å²) in [6, 6.07) is 6.76. The van der Waals surface area contributed by atoms with Crippen molar-refractivity contribution in [3.8, 4) is 0 Å². The Kier molecular flexibility index (Phi) is 15.3. The second-order valence-electron chi connectivity index (χ2n) is 8.48. The van der Waals surface area contributed by atoms with Gasteiger partial charge < -0.3 is 5.73 Å². The molecule has 0 aliphatic heterocycles. The summed E-state index contributed by atoms with van der Waals surface area (Å²) in [5, 5.41) is 0. The van der Waals surface area contributed by atoms with Gasteiger partial charge in [0, 0.05) is 5.69 Å². The summed E-state index contributed by atoms with van der Waals surface area (Å²) in [5.41, 5.74) is 10.1. The van der Waals surface area contributed by atoms with E-state index in [0.29, 0.717) is 0 Å². The molecule has 0 aliphatic rings. The lowest BCUT2D eigenvalue weighted by molar-refractivity contribution is 0.556. The van der Waals surface area contributed by atoms with Gasteiger partial charge in [-0.15, -0.1) is 0 Å². The maximum absolute atomic E-state index is 6.22. The van der Waals surface area contributed by atoms with Gasteiger partial charge >= 0.3 is 0 Å². The standard InChI is InChI=1S/C26H47N/c1-3-5-7-9-11-12-13-14-16-18-20-25-23-24(21-22-26(25)27)19-17-15-10-8-6-4-2/h21-23H,3-20,27H2,1-2H3. The number of aryl methyl sites for hydroxylation is 2. The number of nitrogens with two attached hydrogens (primary N) is 1. The number of benzene rings is 1. The summed E-state index contributed by atoms with van der Waals surface area (Å²) < 4.78 is 0. The Hall–Kier alpha value is -0.980. The van der Waals surface area contributed by atoms with Crippen LogP contribution in [0.1, 0.15) is 128 Å². The second-order valence-corrected chi connectivity index (χ2v) is 8.48. The minimum Gasteiger partial charge on any atom is -0.399 e. The van der Waals surface area contributed by atoms with Crippen molar-refractivity contribution in [3.05, 3.63) is 29.3 Å². The molecule has 0 amide bonds. The van der Waals surface area contributed by atoms with Gasteiger partial charge in [-0.2, -0.15) is 0 Å². The van der Waals surface area contributed by atoms with E-state index in [1.807, 2.05) is 0 Å². The van der Waals surface area contributed by atoms with Gasteiger partial charge in [0.2, 0.25) is 0 Å². The zero-order valence-corrected chi connectivity index (χ0v) is 18.5. The van der Waals surface area contributed by atoms with E-state index in [1.54, 1.807) is 0 Å². The SMILES string of the molecule is CCCCCCCCCCCCc1cc(CCCCCCCC)ccc1N. The first-order chi connectivity index (χ1) is 13.3. The molecule has 0 spiro atoms. The van der Waals surface area contributed by atoms with Gasteiger partial charge in [-0.05, 0) is 42.9 Å². The van der Waals surface area contributed by atoms with Crippen LogP contribution in [0.2, 0.25) is 0 Å². The number of nitrogen functional groups attached to an aromatic ring is 1. The third-order valence-electron chi connectivity index (χ3n) is 5.83. The lowest BCUT2D eigenvalue weighted by Gasteiger charge is -2.09. The van der Waals surface area contributed by atoms with E-state index in [9.17, 15) is 0 Å². The minimum absolute atomic E-state index is 0.998. The van der Waals surface area contributed by atoms with Crippen molar-refractivity contribution >= 4 is 5.69 Å². The van der Waals surface area contributed by atoms with Crippen LogP contribution in [0, 0.1) is 0 Å². The molecule has 0 bridgehead atoms. The highest BCUT2D eigenvalue weighted by molar-refractivity contribution is 5.48. The molecule has 0 heterocycles. The van der Waals surface area contributed by atoms with E-state index >= 15 is 0 Å². The smallest absolute Gasteiger partial charge is 0.0346 e. The zero-order chi connectivity index (χ0) is 19.6. The van der Waals surface area contributed by atoms with E-state index in [-0.39, 0.29) is 0 Å². The van der Waals surface area contributed by atoms with Crippen LogP contribution in [-0.2, 0) is 12.8 Å². The van der Waals surface area contributed by atoms with Gasteiger partial charge in [0.05, 0.1) is 0 Å². The van der Waals surface area contributed by atoms with Crippen LogP contribution in [0.5, 0.6) is 0 Å². The molecule has 27 heavy (non-hydrogen) atoms. The molecule has 156 valence electrons. The zero-order valence-electron chi connectivity index (χ0n) is 18.5. The molecule has 1 aromatic carbocycles. The van der Waals surface area contributed by atoms with E-state index in [2.05, 4.69) is 32.0 Å². The number of hydrogen-bond acceptors (Lipinski definition) is 1. The lowest BCUT2D eigenvalue weighted by atomic mass is 9.98. The van der Waals surface area contributed by atoms with Crippen LogP contribution in [0.4, 0.5) is 5.69 Å². The third kappa shape index (κ3) is 12.9. The molecular weight excluding hydrogens is 326 g/mol. The second kappa shape index (κ2) is 17.1. The Balaban J connectivity index is 2.12. The highest BCUT2D eigenvalue weighted by Gasteiger charge is 2.02. The monoisotopic (exact) mass is 373 g/mol. The van der Waals surface area contributed by atoms with Crippen molar-refractivity contribution in [1.29, 1.82) is 0 Å². The molecule has 1 nitrogen and oxygen atoms in total. The molecule has 1 heteroatoms. The fourth-order valence-corrected chi connectivity index (χ4v) is 3.94. The van der Waals surface area contributed by atoms with Gasteiger partial charge in [0.1, 0.15) is 0 Å². The molecule has 0 saturated heterocycles. The average Bonchev–Trinajstić information content (AvgIpc) is 2.68. The maximum atomic E-state index is 6.22. The molecule has 0 aliphatic carbocycles. The third-order valence-corrected chi connectivity index (χ3v) is 5.83. The van der Waals surface area contributed by atoms with Gasteiger partial charge in [-0.1, -0.05) is 116 Å². The number of hydrogen-bond donors (Lipinski definition) is 1. The van der Waals surface area contributed by atoms with Crippen molar-refractivity contribution in [2.45, 2.75) is 129 Å². The predicted molar refractivity (Wildman–Crippen MR) is 123 cm³/mol. The molecule has 0 aromatic heterocycles. The molecule has 0 fully saturated rings. The maximum Gasteiger partial charge on any atom is 0.0346 e. The summed E-state index contributed by atoms with van der Waals surface area (Å²) in [6.45, 7) is 4.57. The lowest BCUT2D eigenvalue weighted by Crippen LogP contribution is -1.97. The summed E-state index contributed by atoms with van der Waals surface area (Å²) in [7, 11) is 0. The van der Waals surface area contributed by atoms with Crippen LogP contribution in [0.3, 0.4) is 0 Å². The fraction of sp³-hybridized carbons (Fsp3) is 0.769. The highest BCUT2D eigenvalue weighted by atomic mass is 14.6. The number of rotatable bonds is 18. The first kappa shape index (κ1) is 24.1. The van der Waals surface area contributed by atoms with Gasteiger partial charge in [-0.3, -0.25) is 0 Å². The molecule has 1 rings (SSSR count). The molecular formula is C26H47N. The quantitative estimate of drug-likeness (QED) is 0.202. The summed E-state index contributed by atoms with van der Waals surface area (Å²) in [6.07, 6.45) is 24.6. The topological polar surface area (TPSA) is 26.0 Å². The molecule has 0 atom stereocenters. The Bertz CT molecular complexity index is 452. The van der Waals surface area contributed by atoms with Crippen molar-refractivity contribution in [2.24, 2.45) is 0 Å². The van der Waals surface area contributed by atoms with Crippen LogP contribution >= 0.6 is 0 Å². The highest BCUT2D eigenvalue weighted by Crippen LogP contribution is 2.20. The Labute approximate surface area is 170 Å². The van der Waals surface area contributed by atoms with Crippen LogP contribution < -0.4 is 5.73 Å². The normalized spacial score (nSPS) is 11.2. The van der Waals surface area contributed by atoms with Gasteiger partial charge in [-0.25, -0.2) is 0 Å². The Morgan fingerprint density at radius 3 is 1.52 bits per heavy atom. The van der Waals surface area contributed by atoms with E-state index in [4.69, 9.17) is 5.73 Å². The van der Waals surface area contributed by atoms with Crippen LogP contribution in [-0.4, -0.2) is 0 Å². The largest absolute Gasteiger partial charge is 0.399 e. The first-order valence-electron chi connectivity index (χ1n) is 12.1. The van der Waals surface area contributed by atoms with E-state index < -0.39 is 0 Å². The number of anilines is 1. The van der Waals surface area contributed by atoms with Crippen LogP contribution in [0.15, 0.2) is 18.2 Å². The summed E-state index contributed by atoms with van der Waals surface area (Å²) in [5.74, 6) is 0. The van der Waals surface area contributed by atoms with Crippen molar-refractivity contribution in [3.63, 3.8) is 0 Å². The van der Waals surface area contributed by atoms with E-state index in [1.165, 1.54) is 120 Å². The molecule has 2 N–H and O–H groups in total. The Morgan fingerprint density at radius 1 is 0.556 bits per heavy atom. The van der Waals surface area contributed by atoms with Gasteiger partial charge in [0.25, 0.3) is 0 Å². The van der Waals surface area contributed by atoms with Crippen molar-refractivity contribution < 1.29 is 0 Å². The predicted octanol–water partition coefficient (Wildman–Crippen LogP) is 8.64. The van der Waals surface area contributed by atoms with E-state index in [0.717, 1.165) is 12.1 Å². The van der Waals surface area contributed by atoms with Gasteiger partial charge in [0.15, 0.2) is 0 Å². The fourth-order valence-electron chi connectivity index (χ4n) is 3.94. The molecule has 0 radical (unpaired) electrons. The molecule has 0 saturated carbocycles. The average molecular weight is 374 g/mol. The molecule has 0 unspecified atom stereocenters. The summed E-state index contributed by atoms with van der Waals surface area (Å²) in [4.78, 5) is 0. The molecule has 1 aromatic rings. The van der Waals surface area contributed by atoms with Crippen molar-refractivity contribution in [1.82, 2.24) is 0 Å². The van der Waals surface area contributed by atoms with Crippen molar-refractivity contribution in [2.75, 3.05) is 5.73 Å².